The molecule has 4 heteroatoms. The van der Waals surface area contributed by atoms with E-state index in [1.807, 2.05) is 0 Å². The van der Waals surface area contributed by atoms with Gasteiger partial charge in [0.15, 0.2) is 0 Å². The number of carbonyl (C=O) groups excluding carboxylic acids is 2. The van der Waals surface area contributed by atoms with Gasteiger partial charge in [-0.1, -0.05) is 28.0 Å². The molecule has 0 saturated heterocycles. The van der Waals surface area contributed by atoms with Gasteiger partial charge in [0.25, 0.3) is 0 Å². The van der Waals surface area contributed by atoms with E-state index in [0.717, 1.165) is 12.2 Å². The fourth-order valence-electron chi connectivity index (χ4n) is 0.402. The summed E-state index contributed by atoms with van der Waals surface area (Å²) in [6.07, 6.45) is 2.07. The highest BCUT2D eigenvalue weighted by Gasteiger charge is 1.97. The van der Waals surface area contributed by atoms with Crippen LogP contribution in [0.5, 0.6) is 0 Å². The van der Waals surface area contributed by atoms with Crippen molar-refractivity contribution >= 4 is 11.9 Å². The van der Waals surface area contributed by atoms with E-state index in [4.69, 9.17) is 0 Å². The maximum atomic E-state index is 10.4. The van der Waals surface area contributed by atoms with Crippen LogP contribution in [0.4, 0.5) is 0 Å². The third-order valence-electron chi connectivity index (χ3n) is 0.905. The predicted octanol–water partition coefficient (Wildman–Crippen LogP) is 1.72. The molecule has 0 rings (SSSR count). The molecule has 0 amide bonds. The summed E-state index contributed by atoms with van der Waals surface area (Å²) in [7, 11) is 0. The minimum absolute atomic E-state index is 0. The molecule has 0 fully saturated rings. The van der Waals surface area contributed by atoms with Gasteiger partial charge in [0, 0.05) is 12.2 Å². The van der Waals surface area contributed by atoms with E-state index in [1.165, 1.54) is 0 Å². The van der Waals surface area contributed by atoms with E-state index in [2.05, 4.69) is 22.6 Å². The van der Waals surface area contributed by atoms with Crippen LogP contribution < -0.4 is 0 Å². The van der Waals surface area contributed by atoms with Crippen LogP contribution in [-0.4, -0.2) is 25.2 Å². The van der Waals surface area contributed by atoms with Crippen molar-refractivity contribution in [1.82, 2.24) is 0 Å². The first-order valence-electron chi connectivity index (χ1n) is 3.29. The van der Waals surface area contributed by atoms with Crippen LogP contribution in [0.15, 0.2) is 25.3 Å². The van der Waals surface area contributed by atoms with Crippen LogP contribution in [-0.2, 0) is 19.1 Å². The second-order valence-electron chi connectivity index (χ2n) is 1.74. The molecular formula is C10H18O4. The molecule has 0 aromatic carbocycles. The number of hydrogen-bond donors (Lipinski definition) is 0. The van der Waals surface area contributed by atoms with Gasteiger partial charge in [0.1, 0.15) is 13.2 Å². The quantitative estimate of drug-likeness (QED) is 0.387. The SMILES string of the molecule is C.C.C=CC(=O)OCCOC(=O)C=C. The van der Waals surface area contributed by atoms with Gasteiger partial charge in [-0.3, -0.25) is 0 Å². The van der Waals surface area contributed by atoms with Crippen LogP contribution >= 0.6 is 0 Å². The highest BCUT2D eigenvalue weighted by atomic mass is 16.6. The minimum atomic E-state index is -0.537. The minimum Gasteiger partial charge on any atom is -0.459 e. The van der Waals surface area contributed by atoms with Gasteiger partial charge in [-0.25, -0.2) is 9.59 Å². The molecule has 0 aliphatic rings. The molecule has 0 aromatic rings. The number of carbonyl (C=O) groups is 2. The molecule has 0 saturated carbocycles. The topological polar surface area (TPSA) is 52.6 Å². The van der Waals surface area contributed by atoms with Crippen molar-refractivity contribution in [3.8, 4) is 0 Å². The van der Waals surface area contributed by atoms with Crippen LogP contribution in [0.3, 0.4) is 0 Å². The zero-order chi connectivity index (χ0) is 9.40. The van der Waals surface area contributed by atoms with Crippen LogP contribution in [0, 0.1) is 0 Å². The lowest BCUT2D eigenvalue weighted by molar-refractivity contribution is -0.146. The summed E-state index contributed by atoms with van der Waals surface area (Å²) in [5, 5.41) is 0. The lowest BCUT2D eigenvalue weighted by Crippen LogP contribution is -2.10. The lowest BCUT2D eigenvalue weighted by Gasteiger charge is -2.01. The predicted molar refractivity (Wildman–Crippen MR) is 55.8 cm³/mol. The van der Waals surface area contributed by atoms with Crippen molar-refractivity contribution in [2.24, 2.45) is 0 Å². The number of ether oxygens (including phenoxy) is 2. The fourth-order valence-corrected chi connectivity index (χ4v) is 0.402. The second kappa shape index (κ2) is 11.4. The van der Waals surface area contributed by atoms with Gasteiger partial charge in [0.2, 0.25) is 0 Å². The Labute approximate surface area is 85.2 Å². The number of esters is 2. The van der Waals surface area contributed by atoms with Crippen molar-refractivity contribution in [2.75, 3.05) is 13.2 Å². The molecule has 0 aliphatic heterocycles. The van der Waals surface area contributed by atoms with E-state index in [1.54, 1.807) is 0 Å². The maximum absolute atomic E-state index is 10.4. The van der Waals surface area contributed by atoms with E-state index in [0.29, 0.717) is 0 Å². The molecule has 0 heterocycles. The van der Waals surface area contributed by atoms with Crippen molar-refractivity contribution in [2.45, 2.75) is 14.9 Å². The first kappa shape index (κ1) is 18.3. The summed E-state index contributed by atoms with van der Waals surface area (Å²) < 4.78 is 9.04. The molecule has 0 aromatic heterocycles. The molecule has 0 atom stereocenters. The Bertz CT molecular complexity index is 174. The summed E-state index contributed by atoms with van der Waals surface area (Å²) in [4.78, 5) is 20.9. The largest absolute Gasteiger partial charge is 0.459 e. The van der Waals surface area contributed by atoms with Crippen LogP contribution in [0.1, 0.15) is 14.9 Å². The van der Waals surface area contributed by atoms with Crippen LogP contribution in [0.2, 0.25) is 0 Å². The molecule has 0 N–H and O–H groups in total. The van der Waals surface area contributed by atoms with E-state index in [-0.39, 0.29) is 28.1 Å². The smallest absolute Gasteiger partial charge is 0.330 e. The van der Waals surface area contributed by atoms with Gasteiger partial charge in [-0.15, -0.1) is 0 Å². The van der Waals surface area contributed by atoms with Gasteiger partial charge in [-0.05, 0) is 0 Å². The van der Waals surface area contributed by atoms with Crippen molar-refractivity contribution in [1.29, 1.82) is 0 Å². The molecular weight excluding hydrogens is 184 g/mol. The normalized spacial score (nSPS) is 7.14. The Hall–Kier alpha value is -1.58. The standard InChI is InChI=1S/C8H10O4.2CH4/c1-3-7(9)11-5-6-12-8(10)4-2;;/h3-4H,1-2,5-6H2;2*1H4. The van der Waals surface area contributed by atoms with Crippen molar-refractivity contribution < 1.29 is 19.1 Å². The van der Waals surface area contributed by atoms with Gasteiger partial charge >= 0.3 is 11.9 Å². The van der Waals surface area contributed by atoms with E-state index in [9.17, 15) is 9.59 Å². The first-order chi connectivity index (χ1) is 5.70. The summed E-state index contributed by atoms with van der Waals surface area (Å²) in [5.41, 5.74) is 0. The monoisotopic (exact) mass is 202 g/mol. The Morgan fingerprint density at radius 3 is 1.43 bits per heavy atom. The average molecular weight is 202 g/mol. The third-order valence-corrected chi connectivity index (χ3v) is 0.905. The lowest BCUT2D eigenvalue weighted by atomic mass is 10.6. The molecule has 0 unspecified atom stereocenters. The molecule has 0 aliphatic carbocycles. The molecule has 0 bridgehead atoms. The van der Waals surface area contributed by atoms with Gasteiger partial charge in [-0.2, -0.15) is 0 Å². The number of rotatable bonds is 5. The van der Waals surface area contributed by atoms with E-state index < -0.39 is 11.9 Å². The fraction of sp³-hybridized carbons (Fsp3) is 0.400. The maximum Gasteiger partial charge on any atom is 0.330 e. The van der Waals surface area contributed by atoms with Crippen molar-refractivity contribution in [3.63, 3.8) is 0 Å². The van der Waals surface area contributed by atoms with Gasteiger partial charge in [0.05, 0.1) is 0 Å². The molecule has 0 spiro atoms. The van der Waals surface area contributed by atoms with E-state index >= 15 is 0 Å². The zero-order valence-corrected chi connectivity index (χ0v) is 6.62. The summed E-state index contributed by atoms with van der Waals surface area (Å²) in [5.74, 6) is -1.07. The zero-order valence-electron chi connectivity index (χ0n) is 6.62. The molecule has 82 valence electrons. The van der Waals surface area contributed by atoms with Crippen molar-refractivity contribution in [3.05, 3.63) is 25.3 Å². The number of hydrogen-bond acceptors (Lipinski definition) is 4. The molecule has 4 nitrogen and oxygen atoms in total. The molecule has 0 radical (unpaired) electrons. The highest BCUT2D eigenvalue weighted by Crippen LogP contribution is 1.82. The Kier molecular flexibility index (Phi) is 14.9. The summed E-state index contributed by atoms with van der Waals surface area (Å²) >= 11 is 0. The second-order valence-corrected chi connectivity index (χ2v) is 1.74. The first-order valence-corrected chi connectivity index (χ1v) is 3.29. The highest BCUT2D eigenvalue weighted by molar-refractivity contribution is 5.81. The van der Waals surface area contributed by atoms with Gasteiger partial charge < -0.3 is 9.47 Å². The average Bonchev–Trinajstić information content (AvgIpc) is 2.11. The Morgan fingerprint density at radius 2 is 1.21 bits per heavy atom. The molecule has 14 heavy (non-hydrogen) atoms. The third kappa shape index (κ3) is 10.4. The Morgan fingerprint density at radius 1 is 0.929 bits per heavy atom. The summed E-state index contributed by atoms with van der Waals surface area (Å²) in [6.45, 7) is 6.45. The van der Waals surface area contributed by atoms with Crippen LogP contribution in [0.25, 0.3) is 0 Å². The summed E-state index contributed by atoms with van der Waals surface area (Å²) in [6, 6.07) is 0. The Balaban J connectivity index is -0.000000605.